The van der Waals surface area contributed by atoms with Crippen LogP contribution in [0, 0.1) is 0 Å². The molecule has 0 heterocycles. The van der Waals surface area contributed by atoms with Crippen molar-refractivity contribution in [1.82, 2.24) is 4.90 Å². The molecule has 0 aliphatic rings. The van der Waals surface area contributed by atoms with Gasteiger partial charge in [-0.25, -0.2) is 0 Å². The van der Waals surface area contributed by atoms with E-state index in [1.165, 1.54) is 0 Å². The van der Waals surface area contributed by atoms with E-state index in [-0.39, 0.29) is 24.9 Å². The van der Waals surface area contributed by atoms with Gasteiger partial charge in [0.25, 0.3) is 0 Å². The number of carbonyl (C=O) groups is 2. The van der Waals surface area contributed by atoms with Crippen LogP contribution >= 0.6 is 28.3 Å². The lowest BCUT2D eigenvalue weighted by Crippen LogP contribution is -2.44. The summed E-state index contributed by atoms with van der Waals surface area (Å²) in [5, 5.41) is 11.7. The van der Waals surface area contributed by atoms with Crippen LogP contribution in [0.4, 0.5) is 5.69 Å². The van der Waals surface area contributed by atoms with Crippen LogP contribution in [0.1, 0.15) is 20.3 Å². The van der Waals surface area contributed by atoms with Gasteiger partial charge in [0.1, 0.15) is 0 Å². The van der Waals surface area contributed by atoms with Crippen molar-refractivity contribution in [3.63, 3.8) is 0 Å². The molecular weight excluding hydrogens is 360 g/mol. The third-order valence-electron chi connectivity index (χ3n) is 2.87. The monoisotopic (exact) mass is 378 g/mol. The number of anilines is 1. The Bertz CT molecular complexity index is 485. The predicted molar refractivity (Wildman–Crippen MR) is 89.0 cm³/mol. The molecule has 0 aliphatic carbocycles. The number of amides is 1. The van der Waals surface area contributed by atoms with Crippen LogP contribution in [-0.4, -0.2) is 41.0 Å². The van der Waals surface area contributed by atoms with E-state index in [0.717, 1.165) is 10.9 Å². The maximum Gasteiger partial charge on any atom is 0.317 e. The molecule has 0 saturated heterocycles. The highest BCUT2D eigenvalue weighted by Crippen LogP contribution is 2.16. The van der Waals surface area contributed by atoms with Crippen LogP contribution < -0.4 is 5.32 Å². The number of hydrogen-bond acceptors (Lipinski definition) is 3. The smallest absolute Gasteiger partial charge is 0.317 e. The third kappa shape index (κ3) is 6.93. The van der Waals surface area contributed by atoms with Gasteiger partial charge in [0.15, 0.2) is 0 Å². The predicted octanol–water partition coefficient (Wildman–Crippen LogP) is 2.99. The number of nitrogens with one attached hydrogen (secondary N) is 1. The van der Waals surface area contributed by atoms with E-state index < -0.39 is 12.0 Å². The van der Waals surface area contributed by atoms with Crippen molar-refractivity contribution in [2.45, 2.75) is 26.3 Å². The molecule has 0 bridgehead atoms. The average Bonchev–Trinajstić information content (AvgIpc) is 2.36. The minimum atomic E-state index is -0.930. The molecule has 1 aromatic carbocycles. The standard InChI is InChI=1S/C14H19BrN2O3.ClH/c1-3-7-17(9-13(18)19)10(2)14(20)16-12-6-4-5-11(15)8-12;/h4-6,8,10H,3,7,9H2,1-2H3,(H,16,20)(H,18,19);1H. The average molecular weight is 380 g/mol. The van der Waals surface area contributed by atoms with Crippen LogP contribution in [0.15, 0.2) is 28.7 Å². The summed E-state index contributed by atoms with van der Waals surface area (Å²) in [6.07, 6.45) is 0.793. The Hall–Kier alpha value is -1.11. The maximum absolute atomic E-state index is 12.2. The van der Waals surface area contributed by atoms with Crippen LogP contribution in [0.2, 0.25) is 0 Å². The fraction of sp³-hybridized carbons (Fsp3) is 0.429. The van der Waals surface area contributed by atoms with Gasteiger partial charge >= 0.3 is 5.97 Å². The number of halogens is 2. The fourth-order valence-electron chi connectivity index (χ4n) is 1.85. The zero-order valence-corrected chi connectivity index (χ0v) is 14.4. The van der Waals surface area contributed by atoms with Gasteiger partial charge in [0.2, 0.25) is 5.91 Å². The van der Waals surface area contributed by atoms with E-state index in [1.54, 1.807) is 24.0 Å². The van der Waals surface area contributed by atoms with E-state index in [9.17, 15) is 9.59 Å². The number of carboxylic acid groups (broad SMARTS) is 1. The molecule has 1 unspecified atom stereocenters. The van der Waals surface area contributed by atoms with E-state index >= 15 is 0 Å². The lowest BCUT2D eigenvalue weighted by Gasteiger charge is -2.26. The minimum Gasteiger partial charge on any atom is -0.480 e. The Balaban J connectivity index is 0.00000400. The second-order valence-electron chi connectivity index (χ2n) is 4.54. The molecule has 1 amide bonds. The van der Waals surface area contributed by atoms with Crippen molar-refractivity contribution in [2.24, 2.45) is 0 Å². The van der Waals surface area contributed by atoms with Crippen LogP contribution in [0.25, 0.3) is 0 Å². The van der Waals surface area contributed by atoms with Crippen LogP contribution in [0.5, 0.6) is 0 Å². The summed E-state index contributed by atoms with van der Waals surface area (Å²) in [6.45, 7) is 4.10. The first-order valence-corrected chi connectivity index (χ1v) is 7.25. The normalized spacial score (nSPS) is 11.6. The van der Waals surface area contributed by atoms with E-state index in [0.29, 0.717) is 12.2 Å². The zero-order chi connectivity index (χ0) is 15.1. The van der Waals surface area contributed by atoms with E-state index in [2.05, 4.69) is 21.2 Å². The molecule has 7 heteroatoms. The van der Waals surface area contributed by atoms with Crippen molar-refractivity contribution in [3.05, 3.63) is 28.7 Å². The molecule has 1 aromatic rings. The summed E-state index contributed by atoms with van der Waals surface area (Å²) in [5.74, 6) is -1.14. The maximum atomic E-state index is 12.2. The molecule has 0 saturated carbocycles. The SMILES string of the molecule is CCCN(CC(=O)O)C(C)C(=O)Nc1cccc(Br)c1.Cl. The summed E-state index contributed by atoms with van der Waals surface area (Å²) in [7, 11) is 0. The Kier molecular flexibility index (Phi) is 9.24. The first-order chi connectivity index (χ1) is 9.43. The quantitative estimate of drug-likeness (QED) is 0.764. The number of carboxylic acids is 1. The van der Waals surface area contributed by atoms with Crippen molar-refractivity contribution < 1.29 is 14.7 Å². The Morgan fingerprint density at radius 3 is 2.62 bits per heavy atom. The number of hydrogen-bond donors (Lipinski definition) is 2. The molecule has 118 valence electrons. The topological polar surface area (TPSA) is 69.6 Å². The van der Waals surface area contributed by atoms with Gasteiger partial charge in [-0.3, -0.25) is 14.5 Å². The number of rotatable bonds is 7. The Morgan fingerprint density at radius 1 is 1.43 bits per heavy atom. The van der Waals surface area contributed by atoms with Gasteiger partial charge in [-0.1, -0.05) is 28.9 Å². The summed E-state index contributed by atoms with van der Waals surface area (Å²) in [5.41, 5.74) is 0.683. The molecule has 0 aliphatic heterocycles. The fourth-order valence-corrected chi connectivity index (χ4v) is 2.25. The summed E-state index contributed by atoms with van der Waals surface area (Å²) < 4.78 is 0.874. The van der Waals surface area contributed by atoms with Crippen LogP contribution in [0.3, 0.4) is 0 Å². The van der Waals surface area contributed by atoms with Gasteiger partial charge in [0.05, 0.1) is 12.6 Å². The largest absolute Gasteiger partial charge is 0.480 e. The molecule has 0 spiro atoms. The number of benzene rings is 1. The molecular formula is C14H20BrClN2O3. The lowest BCUT2D eigenvalue weighted by molar-refractivity contribution is -0.139. The highest BCUT2D eigenvalue weighted by molar-refractivity contribution is 9.10. The Morgan fingerprint density at radius 2 is 2.10 bits per heavy atom. The second kappa shape index (κ2) is 9.76. The Labute approximate surface area is 139 Å². The highest BCUT2D eigenvalue weighted by Gasteiger charge is 2.22. The number of aliphatic carboxylic acids is 1. The van der Waals surface area contributed by atoms with Gasteiger partial charge < -0.3 is 10.4 Å². The first kappa shape index (κ1) is 19.9. The van der Waals surface area contributed by atoms with Crippen molar-refractivity contribution >= 4 is 45.9 Å². The molecule has 1 atom stereocenters. The van der Waals surface area contributed by atoms with Crippen LogP contribution in [-0.2, 0) is 9.59 Å². The molecule has 0 fully saturated rings. The zero-order valence-electron chi connectivity index (χ0n) is 12.0. The third-order valence-corrected chi connectivity index (χ3v) is 3.36. The second-order valence-corrected chi connectivity index (χ2v) is 5.46. The molecule has 21 heavy (non-hydrogen) atoms. The highest BCUT2D eigenvalue weighted by atomic mass is 79.9. The van der Waals surface area contributed by atoms with Crippen molar-refractivity contribution in [3.8, 4) is 0 Å². The number of nitrogens with zero attached hydrogens (tertiary/aromatic N) is 1. The van der Waals surface area contributed by atoms with E-state index in [1.807, 2.05) is 19.1 Å². The molecule has 5 nitrogen and oxygen atoms in total. The van der Waals surface area contributed by atoms with Gasteiger partial charge in [-0.2, -0.15) is 0 Å². The van der Waals surface area contributed by atoms with E-state index in [4.69, 9.17) is 5.11 Å². The first-order valence-electron chi connectivity index (χ1n) is 6.46. The molecule has 2 N–H and O–H groups in total. The minimum absolute atomic E-state index is 0. The lowest BCUT2D eigenvalue weighted by atomic mass is 10.2. The summed E-state index contributed by atoms with van der Waals surface area (Å²) >= 11 is 3.34. The molecule has 1 rings (SSSR count). The molecule has 0 aromatic heterocycles. The van der Waals surface area contributed by atoms with Gasteiger partial charge in [-0.15, -0.1) is 12.4 Å². The van der Waals surface area contributed by atoms with Crippen molar-refractivity contribution in [2.75, 3.05) is 18.4 Å². The summed E-state index contributed by atoms with van der Waals surface area (Å²) in [4.78, 5) is 24.6. The molecule has 0 radical (unpaired) electrons. The number of carbonyl (C=O) groups excluding carboxylic acids is 1. The van der Waals surface area contributed by atoms with Gasteiger partial charge in [0, 0.05) is 10.2 Å². The summed E-state index contributed by atoms with van der Waals surface area (Å²) in [6, 6.07) is 6.78. The van der Waals surface area contributed by atoms with Gasteiger partial charge in [-0.05, 0) is 38.1 Å². The van der Waals surface area contributed by atoms with Crippen molar-refractivity contribution in [1.29, 1.82) is 0 Å².